The van der Waals surface area contributed by atoms with E-state index < -0.39 is 0 Å². The van der Waals surface area contributed by atoms with Gasteiger partial charge in [-0.1, -0.05) is 57.6 Å². The molecule has 2 aliphatic rings. The maximum Gasteiger partial charge on any atom is 0.234 e. The zero-order chi connectivity index (χ0) is 22.9. The van der Waals surface area contributed by atoms with Crippen LogP contribution in [-0.4, -0.2) is 47.9 Å². The molecule has 0 N–H and O–H groups in total. The lowest BCUT2D eigenvalue weighted by Gasteiger charge is -2.28. The Kier molecular flexibility index (Phi) is 8.99. The van der Waals surface area contributed by atoms with E-state index in [-0.39, 0.29) is 6.10 Å². The Balaban J connectivity index is 1.41. The molecule has 0 radical (unpaired) electrons. The van der Waals surface area contributed by atoms with Gasteiger partial charge in [-0.05, 0) is 62.8 Å². The van der Waals surface area contributed by atoms with Crippen LogP contribution in [0.1, 0.15) is 76.8 Å². The van der Waals surface area contributed by atoms with Crippen molar-refractivity contribution in [3.05, 3.63) is 36.0 Å². The van der Waals surface area contributed by atoms with E-state index in [1.807, 2.05) is 0 Å². The topological polar surface area (TPSA) is 47.5 Å². The SMILES string of the molecule is CCCCc1nnc(OC2CCN(C)CC2)cc1-c1ccc(OCCC2CCCCC2)cc1. The van der Waals surface area contributed by atoms with E-state index in [0.717, 1.165) is 80.3 Å². The lowest BCUT2D eigenvalue weighted by molar-refractivity contribution is 0.109. The van der Waals surface area contributed by atoms with Gasteiger partial charge in [0.15, 0.2) is 0 Å². The second kappa shape index (κ2) is 12.4. The fourth-order valence-electron chi connectivity index (χ4n) is 5.06. The van der Waals surface area contributed by atoms with Crippen LogP contribution in [0.4, 0.5) is 0 Å². The molecule has 0 atom stereocenters. The highest BCUT2D eigenvalue weighted by Crippen LogP contribution is 2.30. The number of nitrogens with zero attached hydrogens (tertiary/aromatic N) is 3. The van der Waals surface area contributed by atoms with E-state index in [1.54, 1.807) is 0 Å². The van der Waals surface area contributed by atoms with E-state index >= 15 is 0 Å². The zero-order valence-corrected chi connectivity index (χ0v) is 20.6. The first-order chi connectivity index (χ1) is 16.2. The summed E-state index contributed by atoms with van der Waals surface area (Å²) in [6.07, 6.45) is 13.6. The summed E-state index contributed by atoms with van der Waals surface area (Å²) in [6.45, 7) is 5.17. The average Bonchev–Trinajstić information content (AvgIpc) is 2.86. The first-order valence-corrected chi connectivity index (χ1v) is 13.2. The van der Waals surface area contributed by atoms with Crippen molar-refractivity contribution < 1.29 is 9.47 Å². The highest BCUT2D eigenvalue weighted by molar-refractivity contribution is 5.67. The van der Waals surface area contributed by atoms with Gasteiger partial charge in [0.1, 0.15) is 11.9 Å². The van der Waals surface area contributed by atoms with E-state index in [9.17, 15) is 0 Å². The van der Waals surface area contributed by atoms with Gasteiger partial charge < -0.3 is 14.4 Å². The summed E-state index contributed by atoms with van der Waals surface area (Å²) in [4.78, 5) is 2.35. The van der Waals surface area contributed by atoms with Crippen molar-refractivity contribution >= 4 is 0 Å². The monoisotopic (exact) mass is 451 g/mol. The molecule has 1 aliphatic heterocycles. The molecule has 1 aliphatic carbocycles. The number of ether oxygens (including phenoxy) is 2. The first kappa shape index (κ1) is 24.0. The van der Waals surface area contributed by atoms with Crippen LogP contribution in [0, 0.1) is 5.92 Å². The van der Waals surface area contributed by atoms with Gasteiger partial charge in [-0.15, -0.1) is 5.10 Å². The van der Waals surface area contributed by atoms with Gasteiger partial charge in [-0.3, -0.25) is 0 Å². The van der Waals surface area contributed by atoms with Gasteiger partial charge in [0.05, 0.1) is 12.3 Å². The van der Waals surface area contributed by atoms with Gasteiger partial charge in [-0.2, -0.15) is 5.10 Å². The molecule has 2 aromatic rings. The Morgan fingerprint density at radius 1 is 0.970 bits per heavy atom. The van der Waals surface area contributed by atoms with Crippen molar-refractivity contribution in [1.82, 2.24) is 15.1 Å². The molecule has 1 saturated heterocycles. The number of unbranched alkanes of at least 4 members (excludes halogenated alkanes) is 1. The summed E-state index contributed by atoms with van der Waals surface area (Å²) in [6, 6.07) is 10.6. The highest BCUT2D eigenvalue weighted by atomic mass is 16.5. The van der Waals surface area contributed by atoms with Gasteiger partial charge >= 0.3 is 0 Å². The average molecular weight is 452 g/mol. The second-order valence-electron chi connectivity index (χ2n) is 9.93. The fourth-order valence-corrected chi connectivity index (χ4v) is 5.06. The van der Waals surface area contributed by atoms with Crippen molar-refractivity contribution in [2.24, 2.45) is 5.92 Å². The van der Waals surface area contributed by atoms with Crippen molar-refractivity contribution in [3.8, 4) is 22.8 Å². The Labute approximate surface area is 199 Å². The van der Waals surface area contributed by atoms with Crippen molar-refractivity contribution in [1.29, 1.82) is 0 Å². The van der Waals surface area contributed by atoms with Gasteiger partial charge in [-0.25, -0.2) is 0 Å². The summed E-state index contributed by atoms with van der Waals surface area (Å²) >= 11 is 0. The quantitative estimate of drug-likeness (QED) is 0.424. The highest BCUT2D eigenvalue weighted by Gasteiger charge is 2.20. The van der Waals surface area contributed by atoms with Crippen LogP contribution in [0.5, 0.6) is 11.6 Å². The molecule has 0 spiro atoms. The maximum absolute atomic E-state index is 6.23. The molecule has 1 aromatic carbocycles. The minimum atomic E-state index is 0.227. The lowest BCUT2D eigenvalue weighted by Crippen LogP contribution is -2.35. The molecule has 2 fully saturated rings. The Morgan fingerprint density at radius 3 is 2.45 bits per heavy atom. The number of hydrogen-bond acceptors (Lipinski definition) is 5. The molecule has 0 bridgehead atoms. The molecule has 33 heavy (non-hydrogen) atoms. The third-order valence-corrected chi connectivity index (χ3v) is 7.25. The molecule has 4 rings (SSSR count). The number of aromatic nitrogens is 2. The summed E-state index contributed by atoms with van der Waals surface area (Å²) < 4.78 is 12.3. The third-order valence-electron chi connectivity index (χ3n) is 7.25. The molecular weight excluding hydrogens is 410 g/mol. The molecule has 5 nitrogen and oxygen atoms in total. The van der Waals surface area contributed by atoms with Crippen LogP contribution in [0.3, 0.4) is 0 Å². The number of hydrogen-bond donors (Lipinski definition) is 0. The third kappa shape index (κ3) is 7.17. The molecule has 0 amide bonds. The van der Waals surface area contributed by atoms with Crippen LogP contribution in [0.2, 0.25) is 0 Å². The molecular formula is C28H41N3O2. The molecule has 2 heterocycles. The zero-order valence-electron chi connectivity index (χ0n) is 20.6. The summed E-state index contributed by atoms with van der Waals surface area (Å²) in [5.41, 5.74) is 3.34. The minimum Gasteiger partial charge on any atom is -0.494 e. The number of rotatable bonds is 10. The number of piperidine rings is 1. The van der Waals surface area contributed by atoms with Crippen molar-refractivity contribution in [2.45, 2.75) is 83.7 Å². The molecule has 180 valence electrons. The number of benzene rings is 1. The summed E-state index contributed by atoms with van der Waals surface area (Å²) in [5, 5.41) is 9.00. The summed E-state index contributed by atoms with van der Waals surface area (Å²) in [7, 11) is 2.17. The normalized spacial score (nSPS) is 18.4. The van der Waals surface area contributed by atoms with Gasteiger partial charge in [0.25, 0.3) is 0 Å². The van der Waals surface area contributed by atoms with Crippen LogP contribution in [-0.2, 0) is 6.42 Å². The maximum atomic E-state index is 6.23. The first-order valence-electron chi connectivity index (χ1n) is 13.2. The van der Waals surface area contributed by atoms with Crippen LogP contribution in [0.25, 0.3) is 11.1 Å². The molecule has 1 saturated carbocycles. The molecule has 5 heteroatoms. The van der Waals surface area contributed by atoms with E-state index in [4.69, 9.17) is 9.47 Å². The van der Waals surface area contributed by atoms with Crippen LogP contribution >= 0.6 is 0 Å². The van der Waals surface area contributed by atoms with Crippen molar-refractivity contribution in [2.75, 3.05) is 26.7 Å². The van der Waals surface area contributed by atoms with E-state index in [1.165, 1.54) is 38.5 Å². The standard InChI is InChI=1S/C28H41N3O2/c1-3-4-10-27-26(21-28(30-29-27)33-25-15-18-31(2)19-16-25)23-11-13-24(14-12-23)32-20-17-22-8-6-5-7-9-22/h11-14,21-22,25H,3-10,15-20H2,1-2H3. The lowest BCUT2D eigenvalue weighted by atomic mass is 9.87. The summed E-state index contributed by atoms with van der Waals surface area (Å²) in [5.74, 6) is 2.45. The minimum absolute atomic E-state index is 0.227. The van der Waals surface area contributed by atoms with E-state index in [0.29, 0.717) is 5.88 Å². The molecule has 0 unspecified atom stereocenters. The van der Waals surface area contributed by atoms with Gasteiger partial charge in [0, 0.05) is 24.7 Å². The largest absolute Gasteiger partial charge is 0.494 e. The van der Waals surface area contributed by atoms with E-state index in [2.05, 4.69) is 59.4 Å². The Hall–Kier alpha value is -2.14. The Morgan fingerprint density at radius 2 is 1.73 bits per heavy atom. The predicted molar refractivity (Wildman–Crippen MR) is 134 cm³/mol. The predicted octanol–water partition coefficient (Wildman–Crippen LogP) is 6.31. The van der Waals surface area contributed by atoms with Crippen molar-refractivity contribution in [3.63, 3.8) is 0 Å². The smallest absolute Gasteiger partial charge is 0.234 e. The Bertz CT molecular complexity index is 841. The van der Waals surface area contributed by atoms with Gasteiger partial charge in [0.2, 0.25) is 5.88 Å². The van der Waals surface area contributed by atoms with Crippen LogP contribution in [0.15, 0.2) is 30.3 Å². The second-order valence-corrected chi connectivity index (χ2v) is 9.93. The number of likely N-dealkylation sites (tertiary alicyclic amines) is 1. The van der Waals surface area contributed by atoms with Crippen LogP contribution < -0.4 is 9.47 Å². The molecule has 1 aromatic heterocycles. The number of aryl methyl sites for hydroxylation is 1. The fraction of sp³-hybridized carbons (Fsp3) is 0.643.